The molecule has 7 nitrogen and oxygen atoms in total. The predicted molar refractivity (Wildman–Crippen MR) is 130 cm³/mol. The lowest BCUT2D eigenvalue weighted by Crippen LogP contribution is -2.48. The number of rotatable bonds is 10. The average molecular weight is 537 g/mol. The zero-order chi connectivity index (χ0) is 22.8. The normalized spacial score (nSPS) is 11.9. The monoisotopic (exact) mass is 537 g/mol. The molecular weight excluding hydrogens is 509 g/mol. The van der Waals surface area contributed by atoms with Gasteiger partial charge in [0.1, 0.15) is 6.04 Å². The van der Waals surface area contributed by atoms with E-state index < -0.39 is 6.04 Å². The largest absolute Gasteiger partial charge is 0.493 e. The highest BCUT2D eigenvalue weighted by molar-refractivity contribution is 14.1. The van der Waals surface area contributed by atoms with Crippen molar-refractivity contribution in [3.8, 4) is 11.5 Å². The number of hydrogen-bond donors (Lipinski definition) is 2. The summed E-state index contributed by atoms with van der Waals surface area (Å²) in [5, 5.41) is 6.83. The van der Waals surface area contributed by atoms with Crippen LogP contribution in [0.2, 0.25) is 0 Å². The van der Waals surface area contributed by atoms with E-state index in [-0.39, 0.29) is 17.7 Å². The van der Waals surface area contributed by atoms with Crippen LogP contribution in [0.25, 0.3) is 0 Å². The smallest absolute Gasteiger partial charge is 0.262 e. The molecule has 2 aromatic rings. The molecule has 0 fully saturated rings. The fourth-order valence-electron chi connectivity index (χ4n) is 2.75. The van der Waals surface area contributed by atoms with E-state index >= 15 is 0 Å². The summed E-state index contributed by atoms with van der Waals surface area (Å²) in [5.41, 5.74) is 3.76. The van der Waals surface area contributed by atoms with Gasteiger partial charge in [0.15, 0.2) is 11.5 Å². The first kappa shape index (κ1) is 24.6. The molecular formula is C23H28IN3O4. The van der Waals surface area contributed by atoms with Gasteiger partial charge in [-0.2, -0.15) is 5.10 Å². The van der Waals surface area contributed by atoms with Gasteiger partial charge in [0.05, 0.1) is 23.5 Å². The molecule has 0 spiro atoms. The lowest BCUT2D eigenvalue weighted by molar-refractivity contribution is -0.123. The summed E-state index contributed by atoms with van der Waals surface area (Å²) < 4.78 is 12.1. The van der Waals surface area contributed by atoms with Crippen molar-refractivity contribution >= 4 is 40.6 Å². The van der Waals surface area contributed by atoms with E-state index in [2.05, 4.69) is 38.4 Å². The van der Waals surface area contributed by atoms with E-state index in [1.165, 1.54) is 6.21 Å². The fourth-order valence-corrected chi connectivity index (χ4v) is 3.53. The van der Waals surface area contributed by atoms with E-state index in [4.69, 9.17) is 9.47 Å². The van der Waals surface area contributed by atoms with Gasteiger partial charge in [-0.05, 0) is 64.8 Å². The van der Waals surface area contributed by atoms with Crippen LogP contribution in [-0.2, 0) is 4.79 Å². The number of carbonyl (C=O) groups is 2. The Kier molecular flexibility index (Phi) is 9.77. The molecule has 2 N–H and O–H groups in total. The lowest BCUT2D eigenvalue weighted by atomic mass is 10.0. The molecule has 2 amide bonds. The van der Waals surface area contributed by atoms with E-state index in [9.17, 15) is 9.59 Å². The van der Waals surface area contributed by atoms with Crippen LogP contribution in [0.1, 0.15) is 43.1 Å². The van der Waals surface area contributed by atoms with Gasteiger partial charge in [0.25, 0.3) is 11.8 Å². The fraction of sp³-hybridized carbons (Fsp3) is 0.348. The molecule has 8 heteroatoms. The van der Waals surface area contributed by atoms with Crippen molar-refractivity contribution in [2.75, 3.05) is 13.7 Å². The highest BCUT2D eigenvalue weighted by Crippen LogP contribution is 2.33. The van der Waals surface area contributed by atoms with Crippen LogP contribution >= 0.6 is 22.6 Å². The molecule has 0 saturated carbocycles. The van der Waals surface area contributed by atoms with Gasteiger partial charge in [-0.15, -0.1) is 0 Å². The van der Waals surface area contributed by atoms with E-state index in [0.717, 1.165) is 15.6 Å². The van der Waals surface area contributed by atoms with Gasteiger partial charge in [-0.25, -0.2) is 5.43 Å². The lowest BCUT2D eigenvalue weighted by Gasteiger charge is -2.20. The minimum Gasteiger partial charge on any atom is -0.493 e. The third-order valence-corrected chi connectivity index (χ3v) is 5.16. The Hall–Kier alpha value is -2.62. The number of nitrogens with one attached hydrogen (secondary N) is 2. The van der Waals surface area contributed by atoms with Crippen LogP contribution in [0.15, 0.2) is 47.6 Å². The summed E-state index contributed by atoms with van der Waals surface area (Å²) in [5.74, 6) is 0.484. The zero-order valence-electron chi connectivity index (χ0n) is 18.1. The van der Waals surface area contributed by atoms with Crippen molar-refractivity contribution in [1.82, 2.24) is 10.7 Å². The number of hydrazone groups is 1. The van der Waals surface area contributed by atoms with E-state index in [1.54, 1.807) is 37.4 Å². The summed E-state index contributed by atoms with van der Waals surface area (Å²) >= 11 is 2.18. The second-order valence-corrected chi connectivity index (χ2v) is 8.34. The number of ether oxygens (including phenoxy) is 2. The molecule has 31 heavy (non-hydrogen) atoms. The second-order valence-electron chi connectivity index (χ2n) is 7.18. The van der Waals surface area contributed by atoms with Gasteiger partial charge >= 0.3 is 0 Å². The number of benzene rings is 2. The Morgan fingerprint density at radius 3 is 2.52 bits per heavy atom. The molecule has 0 heterocycles. The summed E-state index contributed by atoms with van der Waals surface area (Å²) in [4.78, 5) is 25.0. The Balaban J connectivity index is 2.06. The topological polar surface area (TPSA) is 89.0 Å². The summed E-state index contributed by atoms with van der Waals surface area (Å²) in [6, 6.07) is 11.7. The number of amides is 2. The molecule has 0 aliphatic carbocycles. The maximum absolute atomic E-state index is 12.6. The summed E-state index contributed by atoms with van der Waals surface area (Å²) in [6.07, 6.45) is 2.43. The van der Waals surface area contributed by atoms with Crippen molar-refractivity contribution < 1.29 is 19.1 Å². The maximum Gasteiger partial charge on any atom is 0.262 e. The van der Waals surface area contributed by atoms with Gasteiger partial charge in [-0.1, -0.05) is 39.0 Å². The number of halogens is 1. The predicted octanol–water partition coefficient (Wildman–Crippen LogP) is 3.99. The summed E-state index contributed by atoms with van der Waals surface area (Å²) in [7, 11) is 1.58. The number of nitrogens with zero attached hydrogens (tertiary/aromatic N) is 1. The van der Waals surface area contributed by atoms with Crippen molar-refractivity contribution in [2.24, 2.45) is 11.0 Å². The minimum absolute atomic E-state index is 0.112. The first-order chi connectivity index (χ1) is 14.9. The Labute approximate surface area is 196 Å². The first-order valence-corrected chi connectivity index (χ1v) is 11.1. The van der Waals surface area contributed by atoms with Gasteiger partial charge in [-0.3, -0.25) is 9.59 Å². The van der Waals surface area contributed by atoms with E-state index in [1.807, 2.05) is 32.9 Å². The molecule has 0 aliphatic rings. The molecule has 0 aliphatic heterocycles. The number of methoxy groups -OCH3 is 1. The highest BCUT2D eigenvalue weighted by atomic mass is 127. The van der Waals surface area contributed by atoms with Crippen molar-refractivity contribution in [3.63, 3.8) is 0 Å². The average Bonchev–Trinajstić information content (AvgIpc) is 2.76. The quantitative estimate of drug-likeness (QED) is 0.273. The van der Waals surface area contributed by atoms with Crippen LogP contribution in [0.3, 0.4) is 0 Å². The molecule has 0 saturated heterocycles. The van der Waals surface area contributed by atoms with Crippen LogP contribution in [-0.4, -0.2) is 37.8 Å². The summed E-state index contributed by atoms with van der Waals surface area (Å²) in [6.45, 7) is 6.36. The number of hydrogen-bond acceptors (Lipinski definition) is 5. The minimum atomic E-state index is -0.718. The maximum atomic E-state index is 12.6. The van der Waals surface area contributed by atoms with Gasteiger partial charge < -0.3 is 14.8 Å². The zero-order valence-corrected chi connectivity index (χ0v) is 20.3. The Morgan fingerprint density at radius 1 is 1.19 bits per heavy atom. The molecule has 0 radical (unpaired) electrons. The van der Waals surface area contributed by atoms with Crippen molar-refractivity contribution in [2.45, 2.75) is 33.2 Å². The molecule has 166 valence electrons. The van der Waals surface area contributed by atoms with E-state index in [0.29, 0.717) is 23.7 Å². The molecule has 0 bridgehead atoms. The number of carbonyl (C=O) groups excluding carboxylic acids is 2. The molecule has 1 unspecified atom stereocenters. The van der Waals surface area contributed by atoms with Crippen LogP contribution in [0.5, 0.6) is 11.5 Å². The molecule has 2 aromatic carbocycles. The van der Waals surface area contributed by atoms with Gasteiger partial charge in [0.2, 0.25) is 0 Å². The third-order valence-electron chi connectivity index (χ3n) is 4.36. The third kappa shape index (κ3) is 7.23. The van der Waals surface area contributed by atoms with Crippen LogP contribution < -0.4 is 20.2 Å². The van der Waals surface area contributed by atoms with Crippen molar-refractivity contribution in [3.05, 3.63) is 57.2 Å². The van der Waals surface area contributed by atoms with Crippen LogP contribution in [0.4, 0.5) is 0 Å². The standard InChI is InChI=1S/C23H28IN3O4/c1-5-11-31-21-18(24)12-16(13-19(21)30-4)14-25-27-23(29)20(15(2)3)26-22(28)17-9-7-6-8-10-17/h6-10,12-15,20H,5,11H2,1-4H3,(H,26,28)(H,27,29)/b25-14+. The highest BCUT2D eigenvalue weighted by Gasteiger charge is 2.24. The van der Waals surface area contributed by atoms with Crippen molar-refractivity contribution in [1.29, 1.82) is 0 Å². The Bertz CT molecular complexity index is 917. The molecule has 1 atom stereocenters. The first-order valence-electron chi connectivity index (χ1n) is 10.1. The molecule has 2 rings (SSSR count). The van der Waals surface area contributed by atoms with Crippen LogP contribution in [0, 0.1) is 9.49 Å². The SMILES string of the molecule is CCCOc1c(I)cc(/C=N/NC(=O)C(NC(=O)c2ccccc2)C(C)C)cc1OC. The Morgan fingerprint density at radius 2 is 1.90 bits per heavy atom. The van der Waals surface area contributed by atoms with Gasteiger partial charge in [0, 0.05) is 5.56 Å². The second kappa shape index (κ2) is 12.3. The molecule has 0 aromatic heterocycles.